The number of nitrogens with zero attached hydrogens (tertiary/aromatic N) is 2. The van der Waals surface area contributed by atoms with Crippen LogP contribution in [0.5, 0.6) is 5.75 Å². The Morgan fingerprint density at radius 3 is 2.79 bits per heavy atom. The number of primary amides is 1. The smallest absolute Gasteiger partial charge is 0.274 e. The number of nitrogens with one attached hydrogen (secondary N) is 1. The Morgan fingerprint density at radius 1 is 1.42 bits per heavy atom. The second kappa shape index (κ2) is 6.01. The van der Waals surface area contributed by atoms with E-state index >= 15 is 0 Å². The van der Waals surface area contributed by atoms with Crippen molar-refractivity contribution in [3.05, 3.63) is 50.9 Å². The first kappa shape index (κ1) is 16.1. The minimum absolute atomic E-state index is 0.220. The maximum absolute atomic E-state index is 12.4. The Hall–Kier alpha value is -2.80. The molecule has 3 N–H and O–H groups in total. The third-order valence-electron chi connectivity index (χ3n) is 3.73. The van der Waals surface area contributed by atoms with Crippen LogP contribution >= 0.6 is 11.6 Å². The van der Waals surface area contributed by atoms with E-state index in [2.05, 4.69) is 10.1 Å². The number of methoxy groups -OCH3 is 1. The van der Waals surface area contributed by atoms with Crippen LogP contribution in [0.2, 0.25) is 5.02 Å². The van der Waals surface area contributed by atoms with Gasteiger partial charge in [-0.25, -0.2) is 0 Å². The summed E-state index contributed by atoms with van der Waals surface area (Å²) in [5.74, 6) is -0.156. The molecule has 0 unspecified atom stereocenters. The molecule has 0 radical (unpaired) electrons. The van der Waals surface area contributed by atoms with Crippen LogP contribution in [0.3, 0.4) is 0 Å². The monoisotopic (exact) mass is 346 g/mol. The van der Waals surface area contributed by atoms with Crippen molar-refractivity contribution in [2.45, 2.75) is 13.3 Å². The van der Waals surface area contributed by atoms with Crippen molar-refractivity contribution in [3.8, 4) is 17.0 Å². The van der Waals surface area contributed by atoms with Crippen LogP contribution in [0.25, 0.3) is 16.9 Å². The highest BCUT2D eigenvalue weighted by Crippen LogP contribution is 2.29. The van der Waals surface area contributed by atoms with Gasteiger partial charge in [-0.3, -0.25) is 9.59 Å². The van der Waals surface area contributed by atoms with Crippen LogP contribution in [0, 0.1) is 0 Å². The number of benzene rings is 1. The molecular formula is C16H15ClN4O3. The Kier molecular flexibility index (Phi) is 4.02. The van der Waals surface area contributed by atoms with Crippen LogP contribution in [-0.2, 0) is 6.42 Å². The quantitative estimate of drug-likeness (QED) is 0.754. The normalized spacial score (nSPS) is 11.0. The number of aromatic amines is 1. The van der Waals surface area contributed by atoms with E-state index in [0.717, 1.165) is 4.52 Å². The zero-order valence-corrected chi connectivity index (χ0v) is 13.8. The maximum atomic E-state index is 12.4. The molecule has 0 spiro atoms. The number of ether oxygens (including phenoxy) is 1. The van der Waals surface area contributed by atoms with Gasteiger partial charge in [0.2, 0.25) is 0 Å². The number of carbonyl (C=O) groups excluding carboxylic acids is 1. The summed E-state index contributed by atoms with van der Waals surface area (Å²) in [4.78, 5) is 27.2. The minimum Gasteiger partial charge on any atom is -0.495 e. The lowest BCUT2D eigenvalue weighted by atomic mass is 10.1. The van der Waals surface area contributed by atoms with Crippen LogP contribution in [0.4, 0.5) is 0 Å². The lowest BCUT2D eigenvalue weighted by Gasteiger charge is -2.07. The molecule has 3 rings (SSSR count). The number of H-pyrrole nitrogens is 1. The zero-order chi connectivity index (χ0) is 17.4. The third kappa shape index (κ3) is 2.52. The molecule has 0 aliphatic carbocycles. The highest BCUT2D eigenvalue weighted by molar-refractivity contribution is 6.32. The topological polar surface area (TPSA) is 102 Å². The van der Waals surface area contributed by atoms with Gasteiger partial charge in [0, 0.05) is 11.6 Å². The standard InChI is InChI=1S/C16H15ClN4O3/c1-3-10-14(15(18)23)16-19-11(7-13(22)21(16)20-10)8-4-5-9(17)12(6-8)24-2/h4-7,19H,3H2,1-2H3,(H2,18,23). The van der Waals surface area contributed by atoms with Crippen molar-refractivity contribution in [1.82, 2.24) is 14.6 Å². The molecule has 0 saturated carbocycles. The van der Waals surface area contributed by atoms with Gasteiger partial charge in [-0.15, -0.1) is 0 Å². The van der Waals surface area contributed by atoms with Gasteiger partial charge in [-0.05, 0) is 18.6 Å². The van der Waals surface area contributed by atoms with Gasteiger partial charge in [0.15, 0.2) is 5.65 Å². The van der Waals surface area contributed by atoms with Crippen molar-refractivity contribution in [2.24, 2.45) is 5.73 Å². The number of rotatable bonds is 4. The van der Waals surface area contributed by atoms with Crippen LogP contribution < -0.4 is 16.0 Å². The summed E-state index contributed by atoms with van der Waals surface area (Å²) in [5.41, 5.74) is 7.25. The van der Waals surface area contributed by atoms with E-state index in [0.29, 0.717) is 34.1 Å². The summed E-state index contributed by atoms with van der Waals surface area (Å²) in [6.45, 7) is 1.84. The number of aryl methyl sites for hydroxylation is 1. The molecule has 0 bridgehead atoms. The fourth-order valence-electron chi connectivity index (χ4n) is 2.58. The van der Waals surface area contributed by atoms with Gasteiger partial charge in [0.05, 0.1) is 23.5 Å². The van der Waals surface area contributed by atoms with Gasteiger partial charge in [0.1, 0.15) is 11.3 Å². The molecule has 0 fully saturated rings. The number of hydrogen-bond acceptors (Lipinski definition) is 4. The Labute approximate surface area is 142 Å². The van der Waals surface area contributed by atoms with Crippen molar-refractivity contribution < 1.29 is 9.53 Å². The molecule has 1 aromatic carbocycles. The lowest BCUT2D eigenvalue weighted by Crippen LogP contribution is -2.16. The van der Waals surface area contributed by atoms with Gasteiger partial charge in [-0.1, -0.05) is 24.6 Å². The molecule has 3 aromatic rings. The number of fused-ring (bicyclic) bond motifs is 1. The summed E-state index contributed by atoms with van der Waals surface area (Å²) in [6.07, 6.45) is 0.483. The van der Waals surface area contributed by atoms with Crippen molar-refractivity contribution >= 4 is 23.2 Å². The Bertz CT molecular complexity index is 1010. The van der Waals surface area contributed by atoms with Crippen molar-refractivity contribution in [3.63, 3.8) is 0 Å². The Morgan fingerprint density at radius 2 is 2.17 bits per heavy atom. The molecular weight excluding hydrogens is 332 g/mol. The molecule has 0 atom stereocenters. The molecule has 2 heterocycles. The fraction of sp³-hybridized carbons (Fsp3) is 0.188. The van der Waals surface area contributed by atoms with Crippen molar-refractivity contribution in [2.75, 3.05) is 7.11 Å². The first-order valence-corrected chi connectivity index (χ1v) is 7.62. The molecule has 1 amide bonds. The molecule has 124 valence electrons. The summed E-state index contributed by atoms with van der Waals surface area (Å²) in [5, 5.41) is 4.62. The predicted molar refractivity (Wildman–Crippen MR) is 90.7 cm³/mol. The van der Waals surface area contributed by atoms with E-state index in [-0.39, 0.29) is 16.8 Å². The summed E-state index contributed by atoms with van der Waals surface area (Å²) in [6, 6.07) is 6.51. The largest absolute Gasteiger partial charge is 0.495 e. The average Bonchev–Trinajstić information content (AvgIpc) is 2.94. The second-order valence-corrected chi connectivity index (χ2v) is 5.58. The van der Waals surface area contributed by atoms with Gasteiger partial charge < -0.3 is 15.5 Å². The number of nitrogens with two attached hydrogens (primary N) is 1. The van der Waals surface area contributed by atoms with E-state index < -0.39 is 5.91 Å². The molecule has 0 aliphatic heterocycles. The fourth-order valence-corrected chi connectivity index (χ4v) is 2.77. The minimum atomic E-state index is -0.636. The average molecular weight is 347 g/mol. The zero-order valence-electron chi connectivity index (χ0n) is 13.1. The summed E-state index contributed by atoms with van der Waals surface area (Å²) < 4.78 is 6.34. The summed E-state index contributed by atoms with van der Waals surface area (Å²) >= 11 is 6.03. The number of aromatic nitrogens is 3. The lowest BCUT2D eigenvalue weighted by molar-refractivity contribution is 0.100. The van der Waals surface area contributed by atoms with E-state index in [4.69, 9.17) is 22.1 Å². The molecule has 7 nitrogen and oxygen atoms in total. The molecule has 24 heavy (non-hydrogen) atoms. The SMILES string of the molecule is CCc1nn2c(=O)cc(-c3ccc(Cl)c(OC)c3)[nH]c2c1C(N)=O. The van der Waals surface area contributed by atoms with Crippen LogP contribution in [0.15, 0.2) is 29.1 Å². The van der Waals surface area contributed by atoms with E-state index in [9.17, 15) is 9.59 Å². The second-order valence-electron chi connectivity index (χ2n) is 5.17. The van der Waals surface area contributed by atoms with Crippen LogP contribution in [-0.4, -0.2) is 27.6 Å². The van der Waals surface area contributed by atoms with Crippen LogP contribution in [0.1, 0.15) is 23.0 Å². The highest BCUT2D eigenvalue weighted by atomic mass is 35.5. The molecule has 2 aromatic heterocycles. The van der Waals surface area contributed by atoms with Crippen molar-refractivity contribution in [1.29, 1.82) is 0 Å². The summed E-state index contributed by atoms with van der Waals surface area (Å²) in [7, 11) is 1.51. The highest BCUT2D eigenvalue weighted by Gasteiger charge is 2.19. The predicted octanol–water partition coefficient (Wildman–Crippen LogP) is 2.01. The van der Waals surface area contributed by atoms with E-state index in [1.54, 1.807) is 18.2 Å². The Balaban J connectivity index is 2.29. The maximum Gasteiger partial charge on any atom is 0.274 e. The molecule has 0 aliphatic rings. The van der Waals surface area contributed by atoms with E-state index in [1.165, 1.54) is 13.2 Å². The number of amides is 1. The first-order valence-electron chi connectivity index (χ1n) is 7.25. The van der Waals surface area contributed by atoms with Gasteiger partial charge in [0.25, 0.3) is 11.5 Å². The van der Waals surface area contributed by atoms with Gasteiger partial charge in [-0.2, -0.15) is 9.61 Å². The molecule has 0 saturated heterocycles. The third-order valence-corrected chi connectivity index (χ3v) is 4.04. The number of halogens is 1. The number of hydrogen-bond donors (Lipinski definition) is 2. The van der Waals surface area contributed by atoms with Gasteiger partial charge >= 0.3 is 0 Å². The first-order chi connectivity index (χ1) is 11.5. The molecule has 8 heteroatoms. The van der Waals surface area contributed by atoms with E-state index in [1.807, 2.05) is 6.92 Å². The number of carbonyl (C=O) groups is 1.